The Balaban J connectivity index is 1.62. The van der Waals surface area contributed by atoms with Crippen LogP contribution in [0.3, 0.4) is 0 Å². The van der Waals surface area contributed by atoms with E-state index in [4.69, 9.17) is 10.5 Å². The molecule has 0 saturated heterocycles. The Hall–Kier alpha value is -3.25. The Morgan fingerprint density at radius 2 is 1.92 bits per heavy atom. The van der Waals surface area contributed by atoms with Gasteiger partial charge >= 0.3 is 0 Å². The summed E-state index contributed by atoms with van der Waals surface area (Å²) in [4.78, 5) is 40.3. The molecule has 0 aliphatic heterocycles. The molecule has 11 nitrogen and oxygen atoms in total. The van der Waals surface area contributed by atoms with Crippen LogP contribution in [0.25, 0.3) is 0 Å². The third-order valence-electron chi connectivity index (χ3n) is 7.76. The summed E-state index contributed by atoms with van der Waals surface area (Å²) >= 11 is 0. The molecular weight excluding hydrogens is 496 g/mol. The quantitative estimate of drug-likeness (QED) is 0.151. The average Bonchev–Trinajstić information content (AvgIpc) is 2.83. The molecule has 0 spiro atoms. The van der Waals surface area contributed by atoms with Gasteiger partial charge in [0.05, 0.1) is 12.2 Å². The normalized spacial score (nSPS) is 25.8. The molecular formula is C27H34N2O9. The van der Waals surface area contributed by atoms with Crippen LogP contribution in [-0.4, -0.2) is 87.0 Å². The number of nitrogens with two attached hydrogens (primary N) is 1. The summed E-state index contributed by atoms with van der Waals surface area (Å²) in [5, 5.41) is 53.5. The molecule has 1 unspecified atom stereocenters. The minimum atomic E-state index is -2.59. The fraction of sp³-hybridized carbons (Fsp3) is 0.519. The molecule has 38 heavy (non-hydrogen) atoms. The monoisotopic (exact) mass is 530 g/mol. The molecule has 0 fully saturated rings. The molecule has 1 aromatic carbocycles. The zero-order valence-corrected chi connectivity index (χ0v) is 21.4. The van der Waals surface area contributed by atoms with Crippen LogP contribution in [0.4, 0.5) is 0 Å². The molecule has 4 atom stereocenters. The minimum absolute atomic E-state index is 0.0412. The first-order valence-electron chi connectivity index (χ1n) is 12.6. The highest BCUT2D eigenvalue weighted by Crippen LogP contribution is 2.51. The molecule has 1 aromatic rings. The Morgan fingerprint density at radius 3 is 2.58 bits per heavy atom. The van der Waals surface area contributed by atoms with E-state index in [1.807, 2.05) is 19.0 Å². The number of aromatic hydroxyl groups is 1. The highest BCUT2D eigenvalue weighted by Gasteiger charge is 2.59. The number of phenols is 1. The van der Waals surface area contributed by atoms with E-state index in [0.717, 1.165) is 18.5 Å². The van der Waals surface area contributed by atoms with E-state index >= 15 is 0 Å². The van der Waals surface area contributed by atoms with Crippen LogP contribution in [0.1, 0.15) is 47.2 Å². The van der Waals surface area contributed by atoms with Gasteiger partial charge < -0.3 is 40.9 Å². The van der Waals surface area contributed by atoms with Gasteiger partial charge in [-0.3, -0.25) is 14.4 Å². The topological polar surface area (TPSA) is 191 Å². The molecule has 0 radical (unpaired) electrons. The molecule has 0 saturated carbocycles. The second-order valence-electron chi connectivity index (χ2n) is 10.5. The highest BCUT2D eigenvalue weighted by molar-refractivity contribution is 6.24. The maximum atomic E-state index is 13.6. The van der Waals surface area contributed by atoms with Crippen molar-refractivity contribution in [3.63, 3.8) is 0 Å². The Bertz CT molecular complexity index is 1240. The molecule has 0 bridgehead atoms. The van der Waals surface area contributed by atoms with Crippen LogP contribution in [0.5, 0.6) is 5.75 Å². The Labute approximate surface area is 219 Å². The minimum Gasteiger partial charge on any atom is -0.511 e. The predicted molar refractivity (Wildman–Crippen MR) is 134 cm³/mol. The third kappa shape index (κ3) is 4.71. The molecule has 3 aliphatic carbocycles. The third-order valence-corrected chi connectivity index (χ3v) is 7.76. The Kier molecular flexibility index (Phi) is 7.67. The number of aliphatic hydroxyl groups excluding tert-OH is 3. The van der Waals surface area contributed by atoms with Crippen molar-refractivity contribution in [1.29, 1.82) is 0 Å². The van der Waals surface area contributed by atoms with Gasteiger partial charge in [0.2, 0.25) is 5.78 Å². The van der Waals surface area contributed by atoms with Crippen molar-refractivity contribution >= 4 is 17.5 Å². The van der Waals surface area contributed by atoms with Gasteiger partial charge in [-0.2, -0.15) is 0 Å². The summed E-state index contributed by atoms with van der Waals surface area (Å²) in [5.41, 5.74) is 2.86. The molecule has 1 amide bonds. The van der Waals surface area contributed by atoms with Crippen molar-refractivity contribution in [2.75, 3.05) is 27.2 Å². The molecule has 3 aliphatic rings. The number of amides is 1. The largest absolute Gasteiger partial charge is 0.511 e. The van der Waals surface area contributed by atoms with E-state index in [9.17, 15) is 39.9 Å². The number of hydrogen-bond donors (Lipinski definition) is 6. The lowest BCUT2D eigenvalue weighted by molar-refractivity contribution is -0.144. The number of hydrogen-bond acceptors (Lipinski definition) is 10. The molecule has 0 heterocycles. The smallest absolute Gasteiger partial charge is 0.255 e. The van der Waals surface area contributed by atoms with Crippen molar-refractivity contribution in [2.24, 2.45) is 17.6 Å². The van der Waals surface area contributed by atoms with Gasteiger partial charge in [-0.15, -0.1) is 0 Å². The van der Waals surface area contributed by atoms with Gasteiger partial charge in [-0.1, -0.05) is 6.07 Å². The number of benzene rings is 1. The van der Waals surface area contributed by atoms with Gasteiger partial charge in [0.25, 0.3) is 5.91 Å². The number of aryl methyl sites for hydroxylation is 1. The van der Waals surface area contributed by atoms with Crippen molar-refractivity contribution < 1.29 is 44.7 Å². The highest BCUT2D eigenvalue weighted by atomic mass is 16.6. The van der Waals surface area contributed by atoms with Gasteiger partial charge in [-0.05, 0) is 69.4 Å². The van der Waals surface area contributed by atoms with E-state index in [1.165, 1.54) is 6.07 Å². The number of phenolic OH excluding ortho intramolecular Hbond substituents is 1. The number of aliphatic hydroxyl groups is 4. The molecule has 206 valence electrons. The van der Waals surface area contributed by atoms with Crippen LogP contribution >= 0.6 is 0 Å². The van der Waals surface area contributed by atoms with Gasteiger partial charge in [0.15, 0.2) is 17.7 Å². The number of Topliss-reactive ketones (excluding diaryl/α,β-unsaturated/α-hetero) is 2. The number of rotatable bonds is 9. The van der Waals surface area contributed by atoms with Gasteiger partial charge in [0, 0.05) is 24.3 Å². The van der Waals surface area contributed by atoms with Crippen LogP contribution in [0.15, 0.2) is 34.8 Å². The first-order chi connectivity index (χ1) is 17.9. The van der Waals surface area contributed by atoms with Crippen molar-refractivity contribution in [3.8, 4) is 5.75 Å². The average molecular weight is 531 g/mol. The Morgan fingerprint density at radius 1 is 1.21 bits per heavy atom. The zero-order valence-electron chi connectivity index (χ0n) is 21.4. The van der Waals surface area contributed by atoms with Crippen molar-refractivity contribution in [3.05, 3.63) is 51.5 Å². The molecule has 0 aromatic heterocycles. The van der Waals surface area contributed by atoms with Gasteiger partial charge in [0.1, 0.15) is 22.8 Å². The number of nitrogens with zero attached hydrogens (tertiary/aromatic N) is 1. The number of ether oxygens (including phenoxy) is 1. The van der Waals surface area contributed by atoms with Crippen LogP contribution in [0, 0.1) is 11.8 Å². The summed E-state index contributed by atoms with van der Waals surface area (Å²) in [6, 6.07) is 3.03. The standard InChI is InChI=1S/C27H34N2O9/c1-29(2)8-3-9-38-19(32)7-5-13-4-6-17(30)21-16(13)11-14-10-15-12-18(31)22(26(28)36)25(35)27(15,37)24(34)20(14)23(21)33/h4,6,14-15,19,30-32,34,37H,3,5,7-12H2,1-2H3,(H2,28,36)/t14-,15+,19?,27+/m1/s1. The van der Waals surface area contributed by atoms with Crippen molar-refractivity contribution in [1.82, 2.24) is 4.90 Å². The maximum Gasteiger partial charge on any atom is 0.255 e. The molecule has 7 N–H and O–H groups in total. The van der Waals surface area contributed by atoms with E-state index in [-0.39, 0.29) is 42.6 Å². The van der Waals surface area contributed by atoms with Gasteiger partial charge in [-0.25, -0.2) is 0 Å². The summed E-state index contributed by atoms with van der Waals surface area (Å²) in [6.45, 7) is 1.21. The van der Waals surface area contributed by atoms with Crippen LogP contribution < -0.4 is 5.73 Å². The number of allylic oxidation sites excluding steroid dienone is 2. The van der Waals surface area contributed by atoms with E-state index in [2.05, 4.69) is 0 Å². The fourth-order valence-electron chi connectivity index (χ4n) is 5.88. The fourth-order valence-corrected chi connectivity index (χ4v) is 5.88. The van der Waals surface area contributed by atoms with Crippen LogP contribution in [-0.2, 0) is 27.2 Å². The van der Waals surface area contributed by atoms with Crippen molar-refractivity contribution in [2.45, 2.75) is 50.4 Å². The number of fused-ring (bicyclic) bond motifs is 3. The summed E-state index contributed by atoms with van der Waals surface area (Å²) < 4.78 is 5.47. The predicted octanol–water partition coefficient (Wildman–Crippen LogP) is 0.800. The van der Waals surface area contributed by atoms with E-state index in [0.29, 0.717) is 18.6 Å². The second-order valence-corrected chi connectivity index (χ2v) is 10.5. The number of primary amides is 1. The lowest BCUT2D eigenvalue weighted by Crippen LogP contribution is -2.57. The zero-order chi connectivity index (χ0) is 27.9. The second kappa shape index (κ2) is 10.5. The lowest BCUT2D eigenvalue weighted by Gasteiger charge is -2.45. The lowest BCUT2D eigenvalue weighted by atomic mass is 9.60. The summed E-state index contributed by atoms with van der Waals surface area (Å²) in [5.74, 6) is -6.57. The molecule has 11 heteroatoms. The number of carbonyl (C=O) groups excluding carboxylic acids is 3. The summed E-state index contributed by atoms with van der Waals surface area (Å²) in [6.07, 6.45) is 0.382. The maximum absolute atomic E-state index is 13.6. The van der Waals surface area contributed by atoms with Crippen LogP contribution in [0.2, 0.25) is 0 Å². The van der Waals surface area contributed by atoms with E-state index in [1.54, 1.807) is 6.07 Å². The first kappa shape index (κ1) is 27.8. The number of carbonyl (C=O) groups is 3. The first-order valence-corrected chi connectivity index (χ1v) is 12.6. The summed E-state index contributed by atoms with van der Waals surface area (Å²) in [7, 11) is 3.89. The number of ketones is 2. The SMILES string of the molecule is CN(C)CCCOC(O)CCc1ccc(O)c2c1C[C@H]1C[C@H]3CC(O)=C(C(N)=O)C(=O)[C@@]3(O)C(O)=C1C2=O. The van der Waals surface area contributed by atoms with E-state index < -0.39 is 58.3 Å². The molecule has 4 rings (SSSR count).